The molecule has 6 heteroatoms. The molecule has 0 radical (unpaired) electrons. The standard InChI is InChI=1S/C50H96O6/c1-6-8-9-28-35-40-48(51)54-43-47(44-55-49(52)41-36-31-26-22-19-18-21-25-30-34-39-46(5)7-2)56-50(53)42-37-32-27-23-17-15-13-11-10-12-14-16-20-24-29-33-38-45(3)4/h45-47H,6-44H2,1-5H3/t46?,47-/m1/s1. The third-order valence-electron chi connectivity index (χ3n) is 11.6. The lowest BCUT2D eigenvalue weighted by Crippen LogP contribution is -2.30. The Kier molecular flexibility index (Phi) is 41.8. The summed E-state index contributed by atoms with van der Waals surface area (Å²) < 4.78 is 16.7. The second kappa shape index (κ2) is 43.0. The molecule has 0 aromatic carbocycles. The van der Waals surface area contributed by atoms with Gasteiger partial charge in [-0.15, -0.1) is 0 Å². The first-order valence-electron chi connectivity index (χ1n) is 24.8. The van der Waals surface area contributed by atoms with Gasteiger partial charge in [-0.3, -0.25) is 14.4 Å². The topological polar surface area (TPSA) is 78.9 Å². The normalized spacial score (nSPS) is 12.5. The number of unbranched alkanes of at least 4 members (excludes halogenated alkanes) is 28. The lowest BCUT2D eigenvalue weighted by molar-refractivity contribution is -0.167. The summed E-state index contributed by atoms with van der Waals surface area (Å²) in [5.74, 6) is 0.856. The van der Waals surface area contributed by atoms with Gasteiger partial charge in [-0.2, -0.15) is 0 Å². The molecule has 56 heavy (non-hydrogen) atoms. The van der Waals surface area contributed by atoms with Gasteiger partial charge in [-0.05, 0) is 31.1 Å². The van der Waals surface area contributed by atoms with Crippen LogP contribution in [-0.2, 0) is 28.6 Å². The van der Waals surface area contributed by atoms with Gasteiger partial charge in [0, 0.05) is 19.3 Å². The Morgan fingerprint density at radius 3 is 1.02 bits per heavy atom. The van der Waals surface area contributed by atoms with Crippen molar-refractivity contribution in [3.63, 3.8) is 0 Å². The molecule has 0 aliphatic carbocycles. The van der Waals surface area contributed by atoms with Gasteiger partial charge in [0.15, 0.2) is 6.10 Å². The molecule has 0 aliphatic heterocycles. The Balaban J connectivity index is 4.13. The fraction of sp³-hybridized carbons (Fsp3) is 0.940. The lowest BCUT2D eigenvalue weighted by Gasteiger charge is -2.18. The number of carbonyl (C=O) groups is 3. The predicted molar refractivity (Wildman–Crippen MR) is 238 cm³/mol. The Labute approximate surface area is 348 Å². The summed E-state index contributed by atoms with van der Waals surface area (Å²) in [6, 6.07) is 0. The number of hydrogen-bond acceptors (Lipinski definition) is 6. The summed E-state index contributed by atoms with van der Waals surface area (Å²) in [4.78, 5) is 37.6. The van der Waals surface area contributed by atoms with Crippen LogP contribution in [0.3, 0.4) is 0 Å². The van der Waals surface area contributed by atoms with Crippen molar-refractivity contribution in [1.29, 1.82) is 0 Å². The van der Waals surface area contributed by atoms with Crippen molar-refractivity contribution in [2.45, 2.75) is 278 Å². The van der Waals surface area contributed by atoms with Gasteiger partial charge in [0.05, 0.1) is 0 Å². The maximum Gasteiger partial charge on any atom is 0.306 e. The second-order valence-electron chi connectivity index (χ2n) is 17.8. The van der Waals surface area contributed by atoms with E-state index in [9.17, 15) is 14.4 Å². The van der Waals surface area contributed by atoms with Gasteiger partial charge in [-0.25, -0.2) is 0 Å². The summed E-state index contributed by atoms with van der Waals surface area (Å²) in [6.45, 7) is 11.3. The molecule has 0 aliphatic rings. The van der Waals surface area contributed by atoms with Crippen LogP contribution in [0, 0.1) is 11.8 Å². The van der Waals surface area contributed by atoms with Crippen LogP contribution in [0.15, 0.2) is 0 Å². The first-order chi connectivity index (χ1) is 27.3. The van der Waals surface area contributed by atoms with E-state index < -0.39 is 6.10 Å². The average molecular weight is 793 g/mol. The Morgan fingerprint density at radius 2 is 0.679 bits per heavy atom. The third kappa shape index (κ3) is 42.0. The molecule has 6 nitrogen and oxygen atoms in total. The maximum atomic E-state index is 12.7. The van der Waals surface area contributed by atoms with Crippen molar-refractivity contribution in [3.8, 4) is 0 Å². The van der Waals surface area contributed by atoms with E-state index in [1.165, 1.54) is 154 Å². The number of carbonyl (C=O) groups excluding carboxylic acids is 3. The lowest BCUT2D eigenvalue weighted by atomic mass is 9.99. The summed E-state index contributed by atoms with van der Waals surface area (Å²) in [6.07, 6.45) is 42.6. The average Bonchev–Trinajstić information content (AvgIpc) is 3.18. The minimum Gasteiger partial charge on any atom is -0.462 e. The summed E-state index contributed by atoms with van der Waals surface area (Å²) in [7, 11) is 0. The molecule has 0 aromatic heterocycles. The summed E-state index contributed by atoms with van der Waals surface area (Å²) in [5, 5.41) is 0. The van der Waals surface area contributed by atoms with Crippen LogP contribution in [-0.4, -0.2) is 37.2 Å². The van der Waals surface area contributed by atoms with Gasteiger partial charge in [0.1, 0.15) is 13.2 Å². The van der Waals surface area contributed by atoms with E-state index in [1.807, 2.05) is 0 Å². The molecule has 0 saturated heterocycles. The minimum atomic E-state index is -0.759. The van der Waals surface area contributed by atoms with Crippen molar-refractivity contribution in [2.24, 2.45) is 11.8 Å². The van der Waals surface area contributed by atoms with Crippen LogP contribution >= 0.6 is 0 Å². The molecule has 0 rings (SSSR count). The van der Waals surface area contributed by atoms with Crippen molar-refractivity contribution < 1.29 is 28.6 Å². The molecular weight excluding hydrogens is 697 g/mol. The molecule has 0 aromatic rings. The zero-order chi connectivity index (χ0) is 41.2. The molecule has 0 fully saturated rings. The van der Waals surface area contributed by atoms with E-state index in [2.05, 4.69) is 34.6 Å². The first-order valence-corrected chi connectivity index (χ1v) is 24.8. The van der Waals surface area contributed by atoms with E-state index in [-0.39, 0.29) is 31.1 Å². The first kappa shape index (κ1) is 54.4. The SMILES string of the molecule is CCCCCCCC(=O)OC[C@H](COC(=O)CCCCCCCCCCCCC(C)CC)OC(=O)CCCCCCCCCCCCCCCCCCC(C)C. The van der Waals surface area contributed by atoms with Crippen LogP contribution in [0.5, 0.6) is 0 Å². The third-order valence-corrected chi connectivity index (χ3v) is 11.6. The van der Waals surface area contributed by atoms with E-state index in [0.29, 0.717) is 19.3 Å². The van der Waals surface area contributed by atoms with Gasteiger partial charge in [0.2, 0.25) is 0 Å². The summed E-state index contributed by atoms with van der Waals surface area (Å²) >= 11 is 0. The zero-order valence-corrected chi connectivity index (χ0v) is 38.3. The zero-order valence-electron chi connectivity index (χ0n) is 38.3. The quantitative estimate of drug-likeness (QED) is 0.0347. The van der Waals surface area contributed by atoms with Gasteiger partial charge in [-0.1, -0.05) is 234 Å². The monoisotopic (exact) mass is 793 g/mol. The van der Waals surface area contributed by atoms with Gasteiger partial charge >= 0.3 is 17.9 Å². The van der Waals surface area contributed by atoms with Crippen molar-refractivity contribution in [2.75, 3.05) is 13.2 Å². The number of ether oxygens (including phenoxy) is 3. The molecule has 0 saturated carbocycles. The minimum absolute atomic E-state index is 0.0652. The van der Waals surface area contributed by atoms with Crippen LogP contribution < -0.4 is 0 Å². The Bertz CT molecular complexity index is 856. The van der Waals surface area contributed by atoms with Crippen molar-refractivity contribution >= 4 is 17.9 Å². The van der Waals surface area contributed by atoms with Crippen LogP contribution in [0.25, 0.3) is 0 Å². The van der Waals surface area contributed by atoms with Crippen molar-refractivity contribution in [3.05, 3.63) is 0 Å². The molecule has 1 unspecified atom stereocenters. The van der Waals surface area contributed by atoms with E-state index >= 15 is 0 Å². The molecule has 332 valence electrons. The van der Waals surface area contributed by atoms with Crippen LogP contribution in [0.2, 0.25) is 0 Å². The number of esters is 3. The smallest absolute Gasteiger partial charge is 0.306 e. The highest BCUT2D eigenvalue weighted by atomic mass is 16.6. The van der Waals surface area contributed by atoms with E-state index in [1.54, 1.807) is 0 Å². The molecule has 0 spiro atoms. The molecular formula is C50H96O6. The van der Waals surface area contributed by atoms with E-state index in [4.69, 9.17) is 14.2 Å². The maximum absolute atomic E-state index is 12.7. The number of hydrogen-bond donors (Lipinski definition) is 0. The Hall–Kier alpha value is -1.59. The fourth-order valence-corrected chi connectivity index (χ4v) is 7.43. The highest BCUT2D eigenvalue weighted by Crippen LogP contribution is 2.18. The number of rotatable bonds is 44. The fourth-order valence-electron chi connectivity index (χ4n) is 7.43. The molecule has 0 N–H and O–H groups in total. The molecule has 0 heterocycles. The predicted octanol–water partition coefficient (Wildman–Crippen LogP) is 15.8. The molecule has 0 amide bonds. The van der Waals surface area contributed by atoms with Crippen molar-refractivity contribution in [1.82, 2.24) is 0 Å². The van der Waals surface area contributed by atoms with Crippen LogP contribution in [0.4, 0.5) is 0 Å². The summed E-state index contributed by atoms with van der Waals surface area (Å²) in [5.41, 5.74) is 0. The van der Waals surface area contributed by atoms with Gasteiger partial charge in [0.25, 0.3) is 0 Å². The molecule has 0 bridgehead atoms. The Morgan fingerprint density at radius 1 is 0.375 bits per heavy atom. The van der Waals surface area contributed by atoms with Gasteiger partial charge < -0.3 is 14.2 Å². The second-order valence-corrected chi connectivity index (χ2v) is 17.8. The molecule has 2 atom stereocenters. The van der Waals surface area contributed by atoms with Crippen LogP contribution in [0.1, 0.15) is 272 Å². The van der Waals surface area contributed by atoms with E-state index in [0.717, 1.165) is 76.0 Å². The largest absolute Gasteiger partial charge is 0.462 e. The highest BCUT2D eigenvalue weighted by Gasteiger charge is 2.19. The highest BCUT2D eigenvalue weighted by molar-refractivity contribution is 5.71.